The summed E-state index contributed by atoms with van der Waals surface area (Å²) in [5, 5.41) is 7.33. The monoisotopic (exact) mass is 260 g/mol. The van der Waals surface area contributed by atoms with Gasteiger partial charge in [-0.05, 0) is 17.7 Å². The number of nitrogens with zero attached hydrogens (tertiary/aromatic N) is 2. The molecule has 0 unspecified atom stereocenters. The molecule has 0 fully saturated rings. The third-order valence-corrected chi connectivity index (χ3v) is 2.51. The van der Waals surface area contributed by atoms with E-state index in [4.69, 9.17) is 10.5 Å². The number of hydrogen-bond donors (Lipinski definition) is 2. The number of nitrogens with one attached hydrogen (secondary N) is 1. The minimum Gasteiger partial charge on any atom is -0.484 e. The van der Waals surface area contributed by atoms with E-state index < -0.39 is 5.91 Å². The molecule has 1 aromatic carbocycles. The molecule has 3 N–H and O–H groups in total. The van der Waals surface area contributed by atoms with Gasteiger partial charge in [0.25, 0.3) is 5.91 Å². The SMILES string of the molecule is Cn1cc(NCc2ccc(OCC(N)=O)cc2)cn1. The molecule has 6 heteroatoms. The van der Waals surface area contributed by atoms with Crippen molar-refractivity contribution in [1.82, 2.24) is 9.78 Å². The molecule has 1 amide bonds. The molecule has 2 aromatic rings. The second-order valence-corrected chi connectivity index (χ2v) is 4.16. The molecule has 1 heterocycles. The van der Waals surface area contributed by atoms with Crippen LogP contribution in [0.3, 0.4) is 0 Å². The van der Waals surface area contributed by atoms with Crippen molar-refractivity contribution < 1.29 is 9.53 Å². The molecule has 6 nitrogen and oxygen atoms in total. The molecule has 0 saturated carbocycles. The van der Waals surface area contributed by atoms with Crippen molar-refractivity contribution >= 4 is 11.6 Å². The van der Waals surface area contributed by atoms with Crippen LogP contribution < -0.4 is 15.8 Å². The largest absolute Gasteiger partial charge is 0.484 e. The fourth-order valence-electron chi connectivity index (χ4n) is 1.57. The van der Waals surface area contributed by atoms with Crippen LogP contribution in [0.4, 0.5) is 5.69 Å². The third kappa shape index (κ3) is 4.02. The fraction of sp³-hybridized carbons (Fsp3) is 0.231. The first-order valence-corrected chi connectivity index (χ1v) is 5.86. The summed E-state index contributed by atoms with van der Waals surface area (Å²) in [4.78, 5) is 10.6. The Morgan fingerprint density at radius 1 is 1.42 bits per heavy atom. The molecule has 1 aromatic heterocycles. The summed E-state index contributed by atoms with van der Waals surface area (Å²) in [6, 6.07) is 7.48. The van der Waals surface area contributed by atoms with Gasteiger partial charge in [0.1, 0.15) is 5.75 Å². The maximum absolute atomic E-state index is 10.6. The highest BCUT2D eigenvalue weighted by molar-refractivity contribution is 5.75. The normalized spacial score (nSPS) is 10.2. The Hall–Kier alpha value is -2.50. The summed E-state index contributed by atoms with van der Waals surface area (Å²) in [5.74, 6) is 0.145. The van der Waals surface area contributed by atoms with E-state index >= 15 is 0 Å². The van der Waals surface area contributed by atoms with Crippen LogP contribution in [0.1, 0.15) is 5.56 Å². The van der Waals surface area contributed by atoms with Crippen LogP contribution in [0.25, 0.3) is 0 Å². The molecule has 100 valence electrons. The van der Waals surface area contributed by atoms with Gasteiger partial charge in [0, 0.05) is 19.8 Å². The molecular formula is C13H16N4O2. The Morgan fingerprint density at radius 3 is 2.74 bits per heavy atom. The van der Waals surface area contributed by atoms with Crippen molar-refractivity contribution in [2.45, 2.75) is 6.54 Å². The number of aromatic nitrogens is 2. The van der Waals surface area contributed by atoms with Crippen molar-refractivity contribution in [2.24, 2.45) is 12.8 Å². The molecular weight excluding hydrogens is 244 g/mol. The van der Waals surface area contributed by atoms with E-state index in [1.807, 2.05) is 37.5 Å². The lowest BCUT2D eigenvalue weighted by Gasteiger charge is -2.06. The zero-order chi connectivity index (χ0) is 13.7. The van der Waals surface area contributed by atoms with Crippen molar-refractivity contribution in [3.63, 3.8) is 0 Å². The van der Waals surface area contributed by atoms with Gasteiger partial charge >= 0.3 is 0 Å². The smallest absolute Gasteiger partial charge is 0.255 e. The minimum absolute atomic E-state index is 0.104. The van der Waals surface area contributed by atoms with Gasteiger partial charge in [0.15, 0.2) is 6.61 Å². The van der Waals surface area contributed by atoms with Crippen molar-refractivity contribution in [3.05, 3.63) is 42.2 Å². The third-order valence-electron chi connectivity index (χ3n) is 2.51. The highest BCUT2D eigenvalue weighted by Crippen LogP contribution is 2.13. The first kappa shape index (κ1) is 12.9. The van der Waals surface area contributed by atoms with Crippen LogP contribution in [0.5, 0.6) is 5.75 Å². The summed E-state index contributed by atoms with van der Waals surface area (Å²) in [7, 11) is 1.87. The van der Waals surface area contributed by atoms with Crippen molar-refractivity contribution in [1.29, 1.82) is 0 Å². The van der Waals surface area contributed by atoms with E-state index in [0.717, 1.165) is 11.3 Å². The van der Waals surface area contributed by atoms with Gasteiger partial charge in [-0.25, -0.2) is 0 Å². The predicted octanol–water partition coefficient (Wildman–Crippen LogP) is 0.896. The maximum Gasteiger partial charge on any atom is 0.255 e. The average molecular weight is 260 g/mol. The van der Waals surface area contributed by atoms with E-state index in [9.17, 15) is 4.79 Å². The van der Waals surface area contributed by atoms with Gasteiger partial charge < -0.3 is 15.8 Å². The van der Waals surface area contributed by atoms with Gasteiger partial charge in [-0.15, -0.1) is 0 Å². The van der Waals surface area contributed by atoms with Gasteiger partial charge in [0.05, 0.1) is 11.9 Å². The van der Waals surface area contributed by atoms with Gasteiger partial charge in [0.2, 0.25) is 0 Å². The molecule has 0 aliphatic heterocycles. The maximum atomic E-state index is 10.6. The van der Waals surface area contributed by atoms with Crippen LogP contribution in [0, 0.1) is 0 Å². The Labute approximate surface area is 111 Å². The van der Waals surface area contributed by atoms with Crippen LogP contribution in [-0.4, -0.2) is 22.3 Å². The lowest BCUT2D eigenvalue weighted by molar-refractivity contribution is -0.119. The number of amides is 1. The lowest BCUT2D eigenvalue weighted by atomic mass is 10.2. The zero-order valence-corrected chi connectivity index (χ0v) is 10.7. The van der Waals surface area contributed by atoms with Gasteiger partial charge in [-0.2, -0.15) is 5.10 Å². The summed E-state index contributed by atoms with van der Waals surface area (Å²) >= 11 is 0. The molecule has 0 aliphatic carbocycles. The first-order valence-electron chi connectivity index (χ1n) is 5.86. The van der Waals surface area contributed by atoms with Crippen LogP contribution in [-0.2, 0) is 18.4 Å². The standard InChI is InChI=1S/C13H16N4O2/c1-17-8-11(7-16-17)15-6-10-2-4-12(5-3-10)19-9-13(14)18/h2-5,7-8,15H,6,9H2,1H3,(H2,14,18). The number of primary amides is 1. The predicted molar refractivity (Wildman–Crippen MR) is 71.7 cm³/mol. The van der Waals surface area contributed by atoms with Crippen LogP contribution in [0.15, 0.2) is 36.7 Å². The molecule has 0 spiro atoms. The number of carbonyl (C=O) groups is 1. The second-order valence-electron chi connectivity index (χ2n) is 4.16. The van der Waals surface area contributed by atoms with E-state index in [-0.39, 0.29) is 6.61 Å². The van der Waals surface area contributed by atoms with E-state index in [1.165, 1.54) is 0 Å². The topological polar surface area (TPSA) is 82.2 Å². The first-order chi connectivity index (χ1) is 9.13. The Balaban J connectivity index is 1.86. The van der Waals surface area contributed by atoms with Crippen LogP contribution in [0.2, 0.25) is 0 Å². The summed E-state index contributed by atoms with van der Waals surface area (Å²) in [5.41, 5.74) is 7.08. The molecule has 19 heavy (non-hydrogen) atoms. The average Bonchev–Trinajstić information content (AvgIpc) is 2.81. The molecule has 0 bridgehead atoms. The quantitative estimate of drug-likeness (QED) is 0.808. The molecule has 0 radical (unpaired) electrons. The summed E-state index contributed by atoms with van der Waals surface area (Å²) in [6.07, 6.45) is 3.68. The molecule has 0 saturated heterocycles. The number of aryl methyl sites for hydroxylation is 1. The van der Waals surface area contributed by atoms with Crippen LogP contribution >= 0.6 is 0 Å². The summed E-state index contributed by atoms with van der Waals surface area (Å²) in [6.45, 7) is 0.592. The Morgan fingerprint density at radius 2 is 2.16 bits per heavy atom. The zero-order valence-electron chi connectivity index (χ0n) is 10.7. The molecule has 2 rings (SSSR count). The second kappa shape index (κ2) is 5.90. The molecule has 0 atom stereocenters. The number of carbonyl (C=O) groups excluding carboxylic acids is 1. The van der Waals surface area contributed by atoms with Gasteiger partial charge in [-0.3, -0.25) is 9.48 Å². The number of benzene rings is 1. The number of ether oxygens (including phenoxy) is 1. The summed E-state index contributed by atoms with van der Waals surface area (Å²) < 4.78 is 6.92. The van der Waals surface area contributed by atoms with Crippen molar-refractivity contribution in [3.8, 4) is 5.75 Å². The Bertz CT molecular complexity index is 548. The fourth-order valence-corrected chi connectivity index (χ4v) is 1.57. The number of nitrogens with two attached hydrogens (primary N) is 1. The van der Waals surface area contributed by atoms with Gasteiger partial charge in [-0.1, -0.05) is 12.1 Å². The molecule has 0 aliphatic rings. The number of anilines is 1. The highest BCUT2D eigenvalue weighted by atomic mass is 16.5. The number of rotatable bonds is 6. The lowest BCUT2D eigenvalue weighted by Crippen LogP contribution is -2.19. The minimum atomic E-state index is -0.484. The van der Waals surface area contributed by atoms with E-state index in [0.29, 0.717) is 12.3 Å². The van der Waals surface area contributed by atoms with E-state index in [1.54, 1.807) is 10.9 Å². The van der Waals surface area contributed by atoms with E-state index in [2.05, 4.69) is 10.4 Å². The highest BCUT2D eigenvalue weighted by Gasteiger charge is 1.99. The Kier molecular flexibility index (Phi) is 4.02. The van der Waals surface area contributed by atoms with Crippen molar-refractivity contribution in [2.75, 3.05) is 11.9 Å². The number of hydrogen-bond acceptors (Lipinski definition) is 4.